The highest BCUT2D eigenvalue weighted by Crippen LogP contribution is 2.39. The fraction of sp³-hybridized carbons (Fsp3) is 1.00. The van der Waals surface area contributed by atoms with Crippen LogP contribution in [0, 0.1) is 11.8 Å². The molecule has 2 fully saturated rings. The number of hydrogen-bond acceptors (Lipinski definition) is 1. The molecule has 64 valence electrons. The average Bonchev–Trinajstić information content (AvgIpc) is 2.35. The van der Waals surface area contributed by atoms with Gasteiger partial charge in [0.15, 0.2) is 0 Å². The van der Waals surface area contributed by atoms with Crippen LogP contribution >= 0.6 is 0 Å². The third-order valence-corrected chi connectivity index (χ3v) is 3.76. The largest absolute Gasteiger partial charge is 0.303 e. The van der Waals surface area contributed by atoms with E-state index in [9.17, 15) is 0 Å². The molecule has 0 spiro atoms. The van der Waals surface area contributed by atoms with Crippen molar-refractivity contribution < 1.29 is 0 Å². The Balaban J connectivity index is 2.07. The van der Waals surface area contributed by atoms with Gasteiger partial charge in [0.25, 0.3) is 0 Å². The van der Waals surface area contributed by atoms with E-state index >= 15 is 0 Å². The molecule has 0 bridgehead atoms. The van der Waals surface area contributed by atoms with Crippen LogP contribution in [0.1, 0.15) is 32.6 Å². The summed E-state index contributed by atoms with van der Waals surface area (Å²) in [4.78, 5) is 2.58. The van der Waals surface area contributed by atoms with Gasteiger partial charge in [-0.2, -0.15) is 0 Å². The second kappa shape index (κ2) is 2.78. The Bertz CT molecular complexity index is 142. The van der Waals surface area contributed by atoms with Gasteiger partial charge in [-0.1, -0.05) is 6.92 Å². The summed E-state index contributed by atoms with van der Waals surface area (Å²) < 4.78 is 0. The van der Waals surface area contributed by atoms with Crippen LogP contribution in [0.15, 0.2) is 0 Å². The monoisotopic (exact) mass is 153 g/mol. The molecule has 2 aliphatic rings. The van der Waals surface area contributed by atoms with Crippen LogP contribution in [0.3, 0.4) is 0 Å². The first-order chi connectivity index (χ1) is 5.29. The van der Waals surface area contributed by atoms with Gasteiger partial charge in [0, 0.05) is 6.04 Å². The van der Waals surface area contributed by atoms with Crippen LogP contribution in [-0.2, 0) is 0 Å². The molecule has 1 saturated carbocycles. The van der Waals surface area contributed by atoms with Crippen molar-refractivity contribution in [2.45, 2.75) is 38.6 Å². The fourth-order valence-corrected chi connectivity index (χ4v) is 3.01. The van der Waals surface area contributed by atoms with E-state index in [1.165, 1.54) is 32.2 Å². The van der Waals surface area contributed by atoms with Gasteiger partial charge in [-0.05, 0) is 51.1 Å². The van der Waals surface area contributed by atoms with Crippen LogP contribution in [0.4, 0.5) is 0 Å². The first-order valence-electron chi connectivity index (χ1n) is 4.99. The van der Waals surface area contributed by atoms with Crippen LogP contribution < -0.4 is 0 Å². The number of nitrogens with zero attached hydrogens (tertiary/aromatic N) is 1. The van der Waals surface area contributed by atoms with Crippen molar-refractivity contribution in [3.8, 4) is 0 Å². The molecule has 3 unspecified atom stereocenters. The lowest BCUT2D eigenvalue weighted by molar-refractivity contribution is 0.128. The Labute approximate surface area is 69.8 Å². The van der Waals surface area contributed by atoms with Gasteiger partial charge >= 0.3 is 0 Å². The molecule has 0 radical (unpaired) electrons. The van der Waals surface area contributed by atoms with Crippen LogP contribution in [0.5, 0.6) is 0 Å². The molecule has 3 atom stereocenters. The lowest BCUT2D eigenvalue weighted by Crippen LogP contribution is -2.40. The Morgan fingerprint density at radius 2 is 2.00 bits per heavy atom. The second-order valence-corrected chi connectivity index (χ2v) is 4.41. The van der Waals surface area contributed by atoms with E-state index in [-0.39, 0.29) is 0 Å². The molecule has 1 saturated heterocycles. The van der Waals surface area contributed by atoms with Crippen molar-refractivity contribution in [2.75, 3.05) is 13.6 Å². The molecular weight excluding hydrogens is 134 g/mol. The predicted octanol–water partition coefficient (Wildman–Crippen LogP) is 2.13. The summed E-state index contributed by atoms with van der Waals surface area (Å²) in [5.74, 6) is 2.04. The molecule has 1 aliphatic carbocycles. The second-order valence-electron chi connectivity index (χ2n) is 4.41. The molecule has 0 amide bonds. The summed E-state index contributed by atoms with van der Waals surface area (Å²) in [6.07, 6.45) is 5.86. The number of fused-ring (bicyclic) bond motifs is 1. The maximum atomic E-state index is 2.58. The zero-order chi connectivity index (χ0) is 7.84. The third kappa shape index (κ3) is 1.20. The number of piperidine rings is 1. The molecule has 0 N–H and O–H groups in total. The summed E-state index contributed by atoms with van der Waals surface area (Å²) in [5.41, 5.74) is 0. The molecule has 1 aliphatic heterocycles. The van der Waals surface area contributed by atoms with Crippen molar-refractivity contribution in [1.29, 1.82) is 0 Å². The van der Waals surface area contributed by atoms with Gasteiger partial charge in [-0.15, -0.1) is 0 Å². The van der Waals surface area contributed by atoms with Gasteiger partial charge in [0.1, 0.15) is 0 Å². The fourth-order valence-electron chi connectivity index (χ4n) is 3.01. The molecule has 11 heavy (non-hydrogen) atoms. The minimum absolute atomic E-state index is 0.943. The molecule has 1 heteroatoms. The van der Waals surface area contributed by atoms with Crippen molar-refractivity contribution in [1.82, 2.24) is 4.90 Å². The lowest BCUT2D eigenvalue weighted by Gasteiger charge is -2.36. The summed E-state index contributed by atoms with van der Waals surface area (Å²) in [7, 11) is 2.30. The van der Waals surface area contributed by atoms with Crippen molar-refractivity contribution in [3.63, 3.8) is 0 Å². The average molecular weight is 153 g/mol. The zero-order valence-electron chi connectivity index (χ0n) is 7.71. The van der Waals surface area contributed by atoms with E-state index in [2.05, 4.69) is 18.9 Å². The first kappa shape index (κ1) is 7.60. The number of likely N-dealkylation sites (tertiary alicyclic amines) is 1. The van der Waals surface area contributed by atoms with Gasteiger partial charge < -0.3 is 4.90 Å². The normalized spacial score (nSPS) is 45.8. The summed E-state index contributed by atoms with van der Waals surface area (Å²) in [6, 6.07) is 0.943. The third-order valence-electron chi connectivity index (χ3n) is 3.76. The maximum absolute atomic E-state index is 2.58. The molecule has 0 aromatic heterocycles. The SMILES string of the molecule is CC1CCC2C1CCCN2C. The molecule has 2 rings (SSSR count). The molecule has 1 heterocycles. The summed E-state index contributed by atoms with van der Waals surface area (Å²) in [5, 5.41) is 0. The minimum Gasteiger partial charge on any atom is -0.303 e. The van der Waals surface area contributed by atoms with E-state index < -0.39 is 0 Å². The van der Waals surface area contributed by atoms with E-state index in [0.29, 0.717) is 0 Å². The van der Waals surface area contributed by atoms with Crippen LogP contribution in [-0.4, -0.2) is 24.5 Å². The van der Waals surface area contributed by atoms with Gasteiger partial charge in [0.05, 0.1) is 0 Å². The zero-order valence-corrected chi connectivity index (χ0v) is 7.71. The van der Waals surface area contributed by atoms with E-state index in [4.69, 9.17) is 0 Å². The first-order valence-corrected chi connectivity index (χ1v) is 4.99. The minimum atomic E-state index is 0.943. The van der Waals surface area contributed by atoms with Crippen molar-refractivity contribution in [2.24, 2.45) is 11.8 Å². The predicted molar refractivity (Wildman–Crippen MR) is 47.5 cm³/mol. The summed E-state index contributed by atoms with van der Waals surface area (Å²) >= 11 is 0. The Kier molecular flexibility index (Phi) is 1.92. The Morgan fingerprint density at radius 3 is 2.73 bits per heavy atom. The number of rotatable bonds is 0. The molecule has 0 aromatic carbocycles. The van der Waals surface area contributed by atoms with E-state index in [0.717, 1.165) is 17.9 Å². The molecule has 0 aromatic rings. The van der Waals surface area contributed by atoms with E-state index in [1.807, 2.05) is 0 Å². The molecular formula is C10H19N. The van der Waals surface area contributed by atoms with Gasteiger partial charge in [0.2, 0.25) is 0 Å². The highest BCUT2D eigenvalue weighted by atomic mass is 15.1. The topological polar surface area (TPSA) is 3.24 Å². The van der Waals surface area contributed by atoms with Crippen molar-refractivity contribution in [3.05, 3.63) is 0 Å². The smallest absolute Gasteiger partial charge is 0.0123 e. The maximum Gasteiger partial charge on any atom is 0.0123 e. The Morgan fingerprint density at radius 1 is 1.18 bits per heavy atom. The highest BCUT2D eigenvalue weighted by Gasteiger charge is 2.37. The summed E-state index contributed by atoms with van der Waals surface area (Å²) in [6.45, 7) is 3.78. The van der Waals surface area contributed by atoms with E-state index in [1.54, 1.807) is 0 Å². The van der Waals surface area contributed by atoms with Crippen LogP contribution in [0.2, 0.25) is 0 Å². The highest BCUT2D eigenvalue weighted by molar-refractivity contribution is 4.91. The standard InChI is InChI=1S/C10H19N/c1-8-5-6-10-9(8)4-3-7-11(10)2/h8-10H,3-7H2,1-2H3. The van der Waals surface area contributed by atoms with Crippen molar-refractivity contribution >= 4 is 0 Å². The Hall–Kier alpha value is -0.0400. The van der Waals surface area contributed by atoms with Crippen LogP contribution in [0.25, 0.3) is 0 Å². The number of hydrogen-bond donors (Lipinski definition) is 0. The lowest BCUT2D eigenvalue weighted by atomic mass is 9.87. The quantitative estimate of drug-likeness (QED) is 0.515. The van der Waals surface area contributed by atoms with Gasteiger partial charge in [-0.3, -0.25) is 0 Å². The van der Waals surface area contributed by atoms with Gasteiger partial charge in [-0.25, -0.2) is 0 Å². The molecule has 1 nitrogen and oxygen atoms in total.